The third-order valence-electron chi connectivity index (χ3n) is 6.05. The van der Waals surface area contributed by atoms with Crippen LogP contribution in [-0.2, 0) is 16.0 Å². The van der Waals surface area contributed by atoms with Crippen LogP contribution in [0.25, 0.3) is 10.9 Å². The zero-order valence-corrected chi connectivity index (χ0v) is 19.7. The summed E-state index contributed by atoms with van der Waals surface area (Å²) in [5.41, 5.74) is 4.25. The van der Waals surface area contributed by atoms with E-state index in [0.29, 0.717) is 30.3 Å². The Morgan fingerprint density at radius 2 is 1.97 bits per heavy atom. The number of para-hydroxylation sites is 1. The maximum Gasteiger partial charge on any atom is 0.267 e. The number of H-pyrrole nitrogens is 1. The number of carbonyl (C=O) groups excluding carboxylic acids is 2. The molecule has 1 aromatic heterocycles. The zero-order chi connectivity index (χ0) is 24.4. The van der Waals surface area contributed by atoms with Crippen molar-refractivity contribution < 1.29 is 19.1 Å². The quantitative estimate of drug-likeness (QED) is 0.405. The summed E-state index contributed by atoms with van der Waals surface area (Å²) in [5.74, 6) is 1.08. The summed E-state index contributed by atoms with van der Waals surface area (Å²) >= 11 is 0. The van der Waals surface area contributed by atoms with Gasteiger partial charge in [0.15, 0.2) is 6.10 Å². The third-order valence-corrected chi connectivity index (χ3v) is 6.05. The summed E-state index contributed by atoms with van der Waals surface area (Å²) in [5, 5.41) is 3.98. The van der Waals surface area contributed by atoms with Gasteiger partial charge in [0.05, 0.1) is 18.7 Å². The lowest BCUT2D eigenvalue weighted by molar-refractivity contribution is -0.125. The van der Waals surface area contributed by atoms with Crippen LogP contribution in [0.15, 0.2) is 72.9 Å². The first kappa shape index (κ1) is 22.5. The molecular formula is C28H27N3O4. The molecule has 7 heteroatoms. The number of nitrogens with zero attached hydrogens (tertiary/aromatic N) is 1. The van der Waals surface area contributed by atoms with Crippen molar-refractivity contribution in [2.24, 2.45) is 0 Å². The predicted molar refractivity (Wildman–Crippen MR) is 136 cm³/mol. The van der Waals surface area contributed by atoms with Gasteiger partial charge in [-0.2, -0.15) is 0 Å². The van der Waals surface area contributed by atoms with Gasteiger partial charge in [-0.25, -0.2) is 0 Å². The minimum atomic E-state index is -0.594. The predicted octanol–water partition coefficient (Wildman–Crippen LogP) is 4.85. The van der Waals surface area contributed by atoms with E-state index in [4.69, 9.17) is 9.47 Å². The lowest BCUT2D eigenvalue weighted by Gasteiger charge is -2.33. The van der Waals surface area contributed by atoms with Crippen LogP contribution in [0.1, 0.15) is 18.1 Å². The fourth-order valence-corrected chi connectivity index (χ4v) is 4.33. The van der Waals surface area contributed by atoms with Crippen LogP contribution < -0.4 is 19.7 Å². The molecular weight excluding hydrogens is 442 g/mol. The first-order valence-corrected chi connectivity index (χ1v) is 11.6. The highest BCUT2D eigenvalue weighted by Gasteiger charge is 2.31. The number of hydrogen-bond acceptors (Lipinski definition) is 4. The van der Waals surface area contributed by atoms with Gasteiger partial charge in [-0.3, -0.25) is 9.59 Å². The van der Waals surface area contributed by atoms with Gasteiger partial charge in [0.1, 0.15) is 18.1 Å². The van der Waals surface area contributed by atoms with Crippen LogP contribution in [-0.4, -0.2) is 36.1 Å². The minimum Gasteiger partial charge on any atom is -0.492 e. The van der Waals surface area contributed by atoms with Crippen molar-refractivity contribution in [2.75, 3.05) is 23.4 Å². The number of benzene rings is 3. The highest BCUT2D eigenvalue weighted by molar-refractivity contribution is 6.01. The smallest absolute Gasteiger partial charge is 0.267 e. The number of rotatable bonds is 7. The SMILES string of the molecule is Cc1cccc(OCCN2C(=O)C(C)Oc3ccc(NC(=O)Cc4c[nH]c5ccccc45)cc32)c1. The Morgan fingerprint density at radius 1 is 1.11 bits per heavy atom. The molecule has 0 spiro atoms. The summed E-state index contributed by atoms with van der Waals surface area (Å²) in [6.07, 6.45) is 1.51. The third kappa shape index (κ3) is 4.84. The minimum absolute atomic E-state index is 0.138. The molecule has 1 aliphatic rings. The fourth-order valence-electron chi connectivity index (χ4n) is 4.33. The average molecular weight is 470 g/mol. The summed E-state index contributed by atoms with van der Waals surface area (Å²) in [6.45, 7) is 4.43. The number of nitrogens with one attached hydrogen (secondary N) is 2. The Morgan fingerprint density at radius 3 is 2.83 bits per heavy atom. The molecule has 0 aliphatic carbocycles. The van der Waals surface area contributed by atoms with E-state index in [1.54, 1.807) is 30.0 Å². The summed E-state index contributed by atoms with van der Waals surface area (Å²) in [7, 11) is 0. The van der Waals surface area contributed by atoms with Gasteiger partial charge in [-0.1, -0.05) is 30.3 Å². The van der Waals surface area contributed by atoms with E-state index < -0.39 is 6.10 Å². The molecule has 178 valence electrons. The van der Waals surface area contributed by atoms with Crippen LogP contribution in [0.4, 0.5) is 11.4 Å². The first-order chi connectivity index (χ1) is 17.0. The number of anilines is 2. The molecule has 1 unspecified atom stereocenters. The molecule has 2 N–H and O–H groups in total. The normalized spacial score (nSPS) is 15.0. The molecule has 35 heavy (non-hydrogen) atoms. The Balaban J connectivity index is 1.30. The molecule has 0 radical (unpaired) electrons. The molecule has 1 atom stereocenters. The fraction of sp³-hybridized carbons (Fsp3) is 0.214. The molecule has 3 aromatic carbocycles. The van der Waals surface area contributed by atoms with Gasteiger partial charge in [0.25, 0.3) is 5.91 Å². The van der Waals surface area contributed by atoms with E-state index >= 15 is 0 Å². The molecule has 2 heterocycles. The van der Waals surface area contributed by atoms with Crippen LogP contribution in [0.5, 0.6) is 11.5 Å². The van der Waals surface area contributed by atoms with Gasteiger partial charge < -0.3 is 24.7 Å². The van der Waals surface area contributed by atoms with E-state index in [1.807, 2.05) is 61.7 Å². The number of aromatic nitrogens is 1. The number of aromatic amines is 1. The highest BCUT2D eigenvalue weighted by Crippen LogP contribution is 2.36. The Kier molecular flexibility index (Phi) is 6.14. The highest BCUT2D eigenvalue weighted by atomic mass is 16.5. The monoisotopic (exact) mass is 469 g/mol. The van der Waals surface area contributed by atoms with Crippen molar-refractivity contribution in [2.45, 2.75) is 26.4 Å². The van der Waals surface area contributed by atoms with E-state index in [0.717, 1.165) is 27.8 Å². The number of aryl methyl sites for hydroxylation is 1. The molecule has 4 aromatic rings. The number of ether oxygens (including phenoxy) is 2. The Bertz CT molecular complexity index is 1390. The molecule has 7 nitrogen and oxygen atoms in total. The van der Waals surface area contributed by atoms with Crippen LogP contribution >= 0.6 is 0 Å². The van der Waals surface area contributed by atoms with E-state index in [1.165, 1.54) is 0 Å². The topological polar surface area (TPSA) is 83.7 Å². The molecule has 0 bridgehead atoms. The van der Waals surface area contributed by atoms with E-state index in [2.05, 4.69) is 10.3 Å². The first-order valence-electron chi connectivity index (χ1n) is 11.6. The Hall–Kier alpha value is -4.26. The molecule has 1 aliphatic heterocycles. The van der Waals surface area contributed by atoms with Crippen molar-refractivity contribution in [1.82, 2.24) is 4.98 Å². The molecule has 0 saturated heterocycles. The van der Waals surface area contributed by atoms with Crippen molar-refractivity contribution >= 4 is 34.1 Å². The number of fused-ring (bicyclic) bond motifs is 2. The van der Waals surface area contributed by atoms with Crippen molar-refractivity contribution in [1.29, 1.82) is 0 Å². The van der Waals surface area contributed by atoms with E-state index in [9.17, 15) is 9.59 Å². The van der Waals surface area contributed by atoms with Gasteiger partial charge in [-0.05, 0) is 61.4 Å². The number of hydrogen-bond donors (Lipinski definition) is 2. The molecule has 0 saturated carbocycles. The van der Waals surface area contributed by atoms with Crippen LogP contribution in [0.3, 0.4) is 0 Å². The zero-order valence-electron chi connectivity index (χ0n) is 19.7. The van der Waals surface area contributed by atoms with E-state index in [-0.39, 0.29) is 18.2 Å². The summed E-state index contributed by atoms with van der Waals surface area (Å²) in [4.78, 5) is 30.6. The molecule has 2 amide bonds. The lowest BCUT2D eigenvalue weighted by Crippen LogP contribution is -2.46. The van der Waals surface area contributed by atoms with Gasteiger partial charge in [0.2, 0.25) is 5.91 Å². The largest absolute Gasteiger partial charge is 0.492 e. The molecule has 5 rings (SSSR count). The molecule has 0 fully saturated rings. The second kappa shape index (κ2) is 9.54. The maximum absolute atomic E-state index is 12.9. The maximum atomic E-state index is 12.9. The van der Waals surface area contributed by atoms with Gasteiger partial charge >= 0.3 is 0 Å². The van der Waals surface area contributed by atoms with Crippen molar-refractivity contribution in [3.63, 3.8) is 0 Å². The van der Waals surface area contributed by atoms with Crippen LogP contribution in [0.2, 0.25) is 0 Å². The van der Waals surface area contributed by atoms with Crippen molar-refractivity contribution in [3.8, 4) is 11.5 Å². The van der Waals surface area contributed by atoms with Crippen molar-refractivity contribution in [3.05, 3.63) is 84.1 Å². The summed E-state index contributed by atoms with van der Waals surface area (Å²) in [6, 6.07) is 21.0. The lowest BCUT2D eigenvalue weighted by atomic mass is 10.1. The number of carbonyl (C=O) groups is 2. The standard InChI is InChI=1S/C28H27N3O4/c1-18-6-5-7-22(14-18)34-13-12-31-25-16-21(10-11-26(25)35-19(2)28(31)33)30-27(32)15-20-17-29-24-9-4-3-8-23(20)24/h3-11,14,16-17,19,29H,12-13,15H2,1-2H3,(H,30,32). The van der Waals surface area contributed by atoms with Crippen LogP contribution in [0, 0.1) is 6.92 Å². The van der Waals surface area contributed by atoms with Gasteiger partial charge in [-0.15, -0.1) is 0 Å². The second-order valence-corrected chi connectivity index (χ2v) is 8.68. The second-order valence-electron chi connectivity index (χ2n) is 8.68. The van der Waals surface area contributed by atoms with Gasteiger partial charge in [0, 0.05) is 22.8 Å². The number of amides is 2. The average Bonchev–Trinajstić information content (AvgIpc) is 3.24. The Labute approximate surface area is 203 Å². The summed E-state index contributed by atoms with van der Waals surface area (Å²) < 4.78 is 11.7.